The smallest absolute Gasteiger partial charge is 0.318 e. The average Bonchev–Trinajstić information content (AvgIpc) is 2.40. The highest BCUT2D eigenvalue weighted by atomic mass is 32.2. The standard InChI is InChI=1S/C12H12N4O3S/c1-16-10(18)7-4-2-3-5-8(7)14-12(16)20-6-9(17)15-11(13)19/h2-5H,6H2,1H3,(H3,13,15,17,19). The third-order valence-corrected chi connectivity index (χ3v) is 3.57. The van der Waals surface area contributed by atoms with Crippen molar-refractivity contribution in [3.05, 3.63) is 34.6 Å². The molecule has 0 saturated carbocycles. The van der Waals surface area contributed by atoms with E-state index in [0.717, 1.165) is 11.8 Å². The van der Waals surface area contributed by atoms with Crippen molar-refractivity contribution < 1.29 is 9.59 Å². The maximum atomic E-state index is 12.1. The molecule has 0 atom stereocenters. The van der Waals surface area contributed by atoms with Crippen LogP contribution in [0.2, 0.25) is 0 Å². The highest BCUT2D eigenvalue weighted by Crippen LogP contribution is 2.16. The summed E-state index contributed by atoms with van der Waals surface area (Å²) in [7, 11) is 1.58. The van der Waals surface area contributed by atoms with E-state index in [0.29, 0.717) is 16.1 Å². The Morgan fingerprint density at radius 1 is 1.40 bits per heavy atom. The summed E-state index contributed by atoms with van der Waals surface area (Å²) >= 11 is 1.06. The number of primary amides is 1. The summed E-state index contributed by atoms with van der Waals surface area (Å²) < 4.78 is 1.37. The van der Waals surface area contributed by atoms with Crippen molar-refractivity contribution in [2.24, 2.45) is 12.8 Å². The quantitative estimate of drug-likeness (QED) is 0.621. The van der Waals surface area contributed by atoms with Gasteiger partial charge in [0.2, 0.25) is 5.91 Å². The molecule has 1 heterocycles. The van der Waals surface area contributed by atoms with Gasteiger partial charge >= 0.3 is 6.03 Å². The van der Waals surface area contributed by atoms with Crippen LogP contribution in [0.3, 0.4) is 0 Å². The van der Waals surface area contributed by atoms with Crippen molar-refractivity contribution in [3.63, 3.8) is 0 Å². The molecular weight excluding hydrogens is 280 g/mol. The number of fused-ring (bicyclic) bond motifs is 1. The SMILES string of the molecule is Cn1c(SCC(=O)NC(N)=O)nc2ccccc2c1=O. The first-order valence-electron chi connectivity index (χ1n) is 5.67. The molecule has 0 saturated heterocycles. The number of rotatable bonds is 3. The van der Waals surface area contributed by atoms with E-state index >= 15 is 0 Å². The van der Waals surface area contributed by atoms with Crippen LogP contribution in [-0.4, -0.2) is 27.2 Å². The normalized spacial score (nSPS) is 10.4. The van der Waals surface area contributed by atoms with Gasteiger partial charge in [0, 0.05) is 7.05 Å². The lowest BCUT2D eigenvalue weighted by molar-refractivity contribution is -0.117. The van der Waals surface area contributed by atoms with E-state index in [2.05, 4.69) is 4.98 Å². The third kappa shape index (κ3) is 2.97. The number of urea groups is 1. The van der Waals surface area contributed by atoms with Gasteiger partial charge < -0.3 is 5.73 Å². The number of nitrogens with zero attached hydrogens (tertiary/aromatic N) is 2. The molecule has 7 nitrogen and oxygen atoms in total. The van der Waals surface area contributed by atoms with Crippen LogP contribution >= 0.6 is 11.8 Å². The van der Waals surface area contributed by atoms with Gasteiger partial charge in [0.1, 0.15) is 0 Å². The minimum atomic E-state index is -0.907. The van der Waals surface area contributed by atoms with Crippen molar-refractivity contribution >= 4 is 34.6 Å². The molecule has 0 fully saturated rings. The minimum Gasteiger partial charge on any atom is -0.351 e. The number of aromatic nitrogens is 2. The second kappa shape index (κ2) is 5.74. The summed E-state index contributed by atoms with van der Waals surface area (Å²) in [4.78, 5) is 38.3. The van der Waals surface area contributed by atoms with Gasteiger partial charge in [-0.1, -0.05) is 23.9 Å². The largest absolute Gasteiger partial charge is 0.351 e. The monoisotopic (exact) mass is 292 g/mol. The van der Waals surface area contributed by atoms with Crippen LogP contribution in [-0.2, 0) is 11.8 Å². The molecule has 3 amide bonds. The van der Waals surface area contributed by atoms with Gasteiger partial charge in [0.25, 0.3) is 5.56 Å². The molecule has 0 aliphatic carbocycles. The minimum absolute atomic E-state index is 0.0540. The zero-order chi connectivity index (χ0) is 14.7. The molecule has 2 aromatic rings. The number of thioether (sulfide) groups is 1. The summed E-state index contributed by atoms with van der Waals surface area (Å²) in [6, 6.07) is 6.06. The zero-order valence-corrected chi connectivity index (χ0v) is 11.4. The molecule has 104 valence electrons. The summed E-state index contributed by atoms with van der Waals surface area (Å²) in [6.45, 7) is 0. The van der Waals surface area contributed by atoms with E-state index in [1.165, 1.54) is 4.57 Å². The first-order chi connectivity index (χ1) is 9.49. The number of nitrogens with one attached hydrogen (secondary N) is 1. The van der Waals surface area contributed by atoms with E-state index in [4.69, 9.17) is 5.73 Å². The predicted molar refractivity (Wildman–Crippen MR) is 75.4 cm³/mol. The fourth-order valence-electron chi connectivity index (χ4n) is 1.63. The van der Waals surface area contributed by atoms with Crippen molar-refractivity contribution in [1.82, 2.24) is 14.9 Å². The summed E-state index contributed by atoms with van der Waals surface area (Å²) in [5.41, 5.74) is 5.22. The van der Waals surface area contributed by atoms with Crippen LogP contribution in [0.5, 0.6) is 0 Å². The number of carbonyl (C=O) groups excluding carboxylic acids is 2. The maximum Gasteiger partial charge on any atom is 0.318 e. The first-order valence-corrected chi connectivity index (χ1v) is 6.65. The Bertz CT molecular complexity index is 741. The Kier molecular flexibility index (Phi) is 4.04. The lowest BCUT2D eigenvalue weighted by Gasteiger charge is -2.08. The van der Waals surface area contributed by atoms with E-state index in [-0.39, 0.29) is 11.3 Å². The molecule has 0 unspecified atom stereocenters. The maximum absolute atomic E-state index is 12.1. The number of carbonyl (C=O) groups is 2. The molecule has 1 aromatic carbocycles. The number of imide groups is 1. The third-order valence-electron chi connectivity index (χ3n) is 2.54. The van der Waals surface area contributed by atoms with Gasteiger partial charge in [-0.3, -0.25) is 19.5 Å². The number of amides is 3. The van der Waals surface area contributed by atoms with E-state index in [1.54, 1.807) is 31.3 Å². The van der Waals surface area contributed by atoms with Crippen molar-refractivity contribution in [1.29, 1.82) is 0 Å². The van der Waals surface area contributed by atoms with Gasteiger partial charge in [-0.2, -0.15) is 0 Å². The number of hydrogen-bond donors (Lipinski definition) is 2. The summed E-state index contributed by atoms with van der Waals surface area (Å²) in [5.74, 6) is -0.591. The van der Waals surface area contributed by atoms with Gasteiger partial charge in [-0.15, -0.1) is 0 Å². The highest BCUT2D eigenvalue weighted by Gasteiger charge is 2.11. The van der Waals surface area contributed by atoms with Crippen molar-refractivity contribution in [2.45, 2.75) is 5.16 Å². The molecule has 3 N–H and O–H groups in total. The number of benzene rings is 1. The Morgan fingerprint density at radius 2 is 2.10 bits per heavy atom. The second-order valence-electron chi connectivity index (χ2n) is 3.98. The average molecular weight is 292 g/mol. The van der Waals surface area contributed by atoms with Gasteiger partial charge in [0.05, 0.1) is 16.7 Å². The highest BCUT2D eigenvalue weighted by molar-refractivity contribution is 7.99. The Hall–Kier alpha value is -2.35. The van der Waals surface area contributed by atoms with Crippen LogP contribution in [0.25, 0.3) is 10.9 Å². The topological polar surface area (TPSA) is 107 Å². The van der Waals surface area contributed by atoms with Crippen molar-refractivity contribution in [3.8, 4) is 0 Å². The van der Waals surface area contributed by atoms with Crippen molar-refractivity contribution in [2.75, 3.05) is 5.75 Å². The Balaban J connectivity index is 2.27. The lowest BCUT2D eigenvalue weighted by Crippen LogP contribution is -2.36. The molecule has 2 rings (SSSR count). The zero-order valence-electron chi connectivity index (χ0n) is 10.6. The van der Waals surface area contributed by atoms with Gasteiger partial charge in [0.15, 0.2) is 5.16 Å². The number of nitrogens with two attached hydrogens (primary N) is 1. The van der Waals surface area contributed by atoms with Gasteiger partial charge in [-0.05, 0) is 12.1 Å². The van der Waals surface area contributed by atoms with Gasteiger partial charge in [-0.25, -0.2) is 9.78 Å². The van der Waals surface area contributed by atoms with Crippen LogP contribution in [0.1, 0.15) is 0 Å². The number of hydrogen-bond acceptors (Lipinski definition) is 5. The molecule has 0 radical (unpaired) electrons. The van der Waals surface area contributed by atoms with E-state index in [1.807, 2.05) is 5.32 Å². The molecule has 0 aliphatic rings. The van der Waals surface area contributed by atoms with Crippen LogP contribution < -0.4 is 16.6 Å². The van der Waals surface area contributed by atoms with Crippen LogP contribution in [0, 0.1) is 0 Å². The van der Waals surface area contributed by atoms with Crippen LogP contribution in [0.4, 0.5) is 4.79 Å². The Morgan fingerprint density at radius 3 is 2.80 bits per heavy atom. The number of para-hydroxylation sites is 1. The molecular formula is C12H12N4O3S. The van der Waals surface area contributed by atoms with E-state index < -0.39 is 11.9 Å². The molecule has 0 bridgehead atoms. The fourth-order valence-corrected chi connectivity index (χ4v) is 2.40. The second-order valence-corrected chi connectivity index (χ2v) is 4.92. The molecule has 20 heavy (non-hydrogen) atoms. The van der Waals surface area contributed by atoms with Crippen LogP contribution in [0.15, 0.2) is 34.2 Å². The fraction of sp³-hybridized carbons (Fsp3) is 0.167. The summed E-state index contributed by atoms with van der Waals surface area (Å²) in [6.07, 6.45) is 0. The molecule has 0 aliphatic heterocycles. The lowest BCUT2D eigenvalue weighted by atomic mass is 10.2. The molecule has 8 heteroatoms. The van der Waals surface area contributed by atoms with E-state index in [9.17, 15) is 14.4 Å². The molecule has 1 aromatic heterocycles. The summed E-state index contributed by atoms with van der Waals surface area (Å²) in [5, 5.41) is 2.86. The Labute approximate surface area is 118 Å². The predicted octanol–water partition coefficient (Wildman–Crippen LogP) is 0.221. The molecule has 0 spiro atoms. The first kappa shape index (κ1) is 14.1.